The summed E-state index contributed by atoms with van der Waals surface area (Å²) in [6.07, 6.45) is 1.68. The minimum Gasteiger partial charge on any atom is -0.450 e. The number of hydrogen-bond donors (Lipinski definition) is 1. The summed E-state index contributed by atoms with van der Waals surface area (Å²) in [7, 11) is 0. The van der Waals surface area contributed by atoms with Crippen molar-refractivity contribution < 1.29 is 14.3 Å². The largest absolute Gasteiger partial charge is 0.450 e. The second-order valence-electron chi connectivity index (χ2n) is 8.46. The highest BCUT2D eigenvalue weighted by atomic mass is 32.1. The van der Waals surface area contributed by atoms with Crippen molar-refractivity contribution in [3.63, 3.8) is 0 Å². The van der Waals surface area contributed by atoms with E-state index < -0.39 is 0 Å². The van der Waals surface area contributed by atoms with Gasteiger partial charge in [-0.25, -0.2) is 9.78 Å². The van der Waals surface area contributed by atoms with Crippen LogP contribution in [0.1, 0.15) is 35.4 Å². The Hall–Kier alpha value is -3.23. The standard InChI is InChI=1S/C27H27N3O3S2/c1-3-17-9-11-18(12-10-17)15-23(31)29-26-24(25-28-20-7-5-6-8-21(20)34-25)19-13-14-30(16-22(19)35-26)27(32)33-4-2/h5-12H,3-4,13-16H2,1-2H3,(H,29,31). The molecule has 6 nitrogen and oxygen atoms in total. The number of thiazole rings is 1. The van der Waals surface area contributed by atoms with Crippen LogP contribution in [0.25, 0.3) is 20.8 Å². The maximum Gasteiger partial charge on any atom is 0.410 e. The highest BCUT2D eigenvalue weighted by molar-refractivity contribution is 7.22. The fourth-order valence-electron chi connectivity index (χ4n) is 4.32. The molecule has 0 spiro atoms. The average molecular weight is 506 g/mol. The van der Waals surface area contributed by atoms with Gasteiger partial charge in [-0.05, 0) is 48.6 Å². The number of carbonyl (C=O) groups is 2. The van der Waals surface area contributed by atoms with E-state index in [2.05, 4.69) is 30.4 Å². The molecule has 3 heterocycles. The number of anilines is 1. The molecule has 35 heavy (non-hydrogen) atoms. The zero-order valence-electron chi connectivity index (χ0n) is 19.8. The van der Waals surface area contributed by atoms with Crippen LogP contribution in [0, 0.1) is 0 Å². The predicted octanol–water partition coefficient (Wildman–Crippen LogP) is 6.28. The van der Waals surface area contributed by atoms with Gasteiger partial charge >= 0.3 is 6.09 Å². The normalized spacial score (nSPS) is 13.0. The lowest BCUT2D eigenvalue weighted by atomic mass is 10.0. The molecule has 1 N–H and O–H groups in total. The summed E-state index contributed by atoms with van der Waals surface area (Å²) in [4.78, 5) is 33.1. The van der Waals surface area contributed by atoms with Gasteiger partial charge in [-0.3, -0.25) is 4.79 Å². The average Bonchev–Trinajstić information content (AvgIpc) is 3.44. The van der Waals surface area contributed by atoms with E-state index in [1.54, 1.807) is 16.2 Å². The van der Waals surface area contributed by atoms with Gasteiger partial charge in [-0.15, -0.1) is 22.7 Å². The summed E-state index contributed by atoms with van der Waals surface area (Å²) in [6, 6.07) is 16.2. The number of aryl methyl sites for hydroxylation is 1. The first kappa shape index (κ1) is 23.5. The number of aromatic nitrogens is 1. The summed E-state index contributed by atoms with van der Waals surface area (Å²) in [5, 5.41) is 4.87. The summed E-state index contributed by atoms with van der Waals surface area (Å²) in [5.74, 6) is -0.0579. The van der Waals surface area contributed by atoms with Gasteiger partial charge < -0.3 is 15.0 Å². The van der Waals surface area contributed by atoms with Crippen molar-refractivity contribution in [1.29, 1.82) is 0 Å². The Balaban J connectivity index is 1.47. The van der Waals surface area contributed by atoms with Crippen LogP contribution in [0.3, 0.4) is 0 Å². The van der Waals surface area contributed by atoms with Crippen LogP contribution in [0.2, 0.25) is 0 Å². The molecule has 0 saturated heterocycles. The van der Waals surface area contributed by atoms with Crippen molar-refractivity contribution >= 4 is 49.9 Å². The van der Waals surface area contributed by atoms with Gasteiger partial charge in [0.25, 0.3) is 0 Å². The number of fused-ring (bicyclic) bond motifs is 2. The highest BCUT2D eigenvalue weighted by Crippen LogP contribution is 2.45. The molecular formula is C27H27N3O3S2. The van der Waals surface area contributed by atoms with Crippen LogP contribution in [-0.4, -0.2) is 35.0 Å². The lowest BCUT2D eigenvalue weighted by Crippen LogP contribution is -2.35. The van der Waals surface area contributed by atoms with Crippen molar-refractivity contribution in [3.8, 4) is 10.6 Å². The Labute approximate surface area is 212 Å². The number of carbonyl (C=O) groups excluding carboxylic acids is 2. The molecule has 1 aliphatic rings. The second kappa shape index (κ2) is 10.2. The van der Waals surface area contributed by atoms with Gasteiger partial charge in [0, 0.05) is 17.0 Å². The number of para-hydroxylation sites is 1. The summed E-state index contributed by atoms with van der Waals surface area (Å²) >= 11 is 3.17. The van der Waals surface area contributed by atoms with Crippen molar-refractivity contribution in [2.75, 3.05) is 18.5 Å². The van der Waals surface area contributed by atoms with Gasteiger partial charge in [-0.1, -0.05) is 43.3 Å². The van der Waals surface area contributed by atoms with Crippen LogP contribution in [-0.2, 0) is 35.3 Å². The molecule has 0 fully saturated rings. The SMILES string of the molecule is CCOC(=O)N1CCc2c(sc(NC(=O)Cc3ccc(CC)cc3)c2-c2nc3ccccc3s2)C1. The first-order chi connectivity index (χ1) is 17.1. The Morgan fingerprint density at radius 1 is 1.06 bits per heavy atom. The van der Waals surface area contributed by atoms with Crippen molar-refractivity contribution in [2.24, 2.45) is 0 Å². The summed E-state index contributed by atoms with van der Waals surface area (Å²) < 4.78 is 6.33. The number of thiophene rings is 1. The highest BCUT2D eigenvalue weighted by Gasteiger charge is 2.30. The van der Waals surface area contributed by atoms with E-state index in [-0.39, 0.29) is 12.0 Å². The molecule has 0 radical (unpaired) electrons. The molecule has 180 valence electrons. The molecule has 0 bridgehead atoms. The number of nitrogens with one attached hydrogen (secondary N) is 1. The van der Waals surface area contributed by atoms with E-state index in [1.807, 2.05) is 37.3 Å². The number of benzene rings is 2. The van der Waals surface area contributed by atoms with Crippen LogP contribution in [0.15, 0.2) is 48.5 Å². The van der Waals surface area contributed by atoms with Crippen molar-refractivity contribution in [2.45, 2.75) is 39.7 Å². The van der Waals surface area contributed by atoms with Crippen LogP contribution >= 0.6 is 22.7 Å². The van der Waals surface area contributed by atoms with E-state index in [1.165, 1.54) is 16.9 Å². The zero-order valence-corrected chi connectivity index (χ0v) is 21.4. The summed E-state index contributed by atoms with van der Waals surface area (Å²) in [5.41, 5.74) is 5.34. The first-order valence-corrected chi connectivity index (χ1v) is 13.5. The molecule has 0 unspecified atom stereocenters. The van der Waals surface area contributed by atoms with E-state index in [4.69, 9.17) is 9.72 Å². The number of nitrogens with zero attached hydrogens (tertiary/aromatic N) is 2. The Morgan fingerprint density at radius 3 is 2.57 bits per heavy atom. The molecule has 2 aromatic carbocycles. The smallest absolute Gasteiger partial charge is 0.410 e. The molecule has 4 aromatic rings. The Morgan fingerprint density at radius 2 is 1.83 bits per heavy atom. The minimum atomic E-state index is -0.297. The van der Waals surface area contributed by atoms with Crippen molar-refractivity contribution in [1.82, 2.24) is 9.88 Å². The van der Waals surface area contributed by atoms with Gasteiger partial charge in [0.05, 0.1) is 29.8 Å². The van der Waals surface area contributed by atoms with E-state index in [0.29, 0.717) is 32.5 Å². The molecule has 1 aliphatic heterocycles. The topological polar surface area (TPSA) is 71.5 Å². The van der Waals surface area contributed by atoms with Crippen LogP contribution in [0.5, 0.6) is 0 Å². The van der Waals surface area contributed by atoms with E-state index >= 15 is 0 Å². The maximum atomic E-state index is 13.1. The third-order valence-electron chi connectivity index (χ3n) is 6.14. The van der Waals surface area contributed by atoms with Gasteiger partial charge in [0.2, 0.25) is 5.91 Å². The molecule has 0 atom stereocenters. The number of ether oxygens (including phenoxy) is 1. The third kappa shape index (κ3) is 4.94. The van der Waals surface area contributed by atoms with Crippen LogP contribution in [0.4, 0.5) is 9.80 Å². The van der Waals surface area contributed by atoms with Crippen LogP contribution < -0.4 is 5.32 Å². The Bertz CT molecular complexity index is 1340. The molecule has 0 saturated carbocycles. The minimum absolute atomic E-state index is 0.0579. The molecule has 2 aromatic heterocycles. The van der Waals surface area contributed by atoms with Crippen molar-refractivity contribution in [3.05, 3.63) is 70.1 Å². The van der Waals surface area contributed by atoms with E-state index in [9.17, 15) is 9.59 Å². The van der Waals surface area contributed by atoms with Gasteiger partial charge in [0.15, 0.2) is 0 Å². The fraction of sp³-hybridized carbons (Fsp3) is 0.296. The number of hydrogen-bond acceptors (Lipinski definition) is 6. The monoisotopic (exact) mass is 505 g/mol. The molecule has 5 rings (SSSR count). The predicted molar refractivity (Wildman–Crippen MR) is 142 cm³/mol. The lowest BCUT2D eigenvalue weighted by molar-refractivity contribution is -0.115. The lowest BCUT2D eigenvalue weighted by Gasteiger charge is -2.26. The van der Waals surface area contributed by atoms with Gasteiger partial charge in [0.1, 0.15) is 10.0 Å². The zero-order chi connectivity index (χ0) is 24.4. The number of rotatable bonds is 6. The first-order valence-electron chi connectivity index (χ1n) is 11.9. The number of amides is 2. The molecular weight excluding hydrogens is 478 g/mol. The quantitative estimate of drug-likeness (QED) is 0.335. The second-order valence-corrected chi connectivity index (χ2v) is 10.6. The maximum absolute atomic E-state index is 13.1. The third-order valence-corrected chi connectivity index (χ3v) is 8.33. The Kier molecular flexibility index (Phi) is 6.83. The summed E-state index contributed by atoms with van der Waals surface area (Å²) in [6.45, 7) is 5.34. The molecule has 8 heteroatoms. The van der Waals surface area contributed by atoms with Gasteiger partial charge in [-0.2, -0.15) is 0 Å². The molecule has 0 aliphatic carbocycles. The molecule has 2 amide bonds. The fourth-order valence-corrected chi connectivity index (χ4v) is 6.71. The van der Waals surface area contributed by atoms with E-state index in [0.717, 1.165) is 48.2 Å².